The highest BCUT2D eigenvalue weighted by Gasteiger charge is 2.47. The Morgan fingerprint density at radius 2 is 1.86 bits per heavy atom. The van der Waals surface area contributed by atoms with Crippen molar-refractivity contribution in [1.82, 2.24) is 9.80 Å². The molecule has 114 valence electrons. The lowest BCUT2D eigenvalue weighted by molar-refractivity contribution is 0.00465. The Balaban J connectivity index is 1.65. The first-order chi connectivity index (χ1) is 10.4. The molecule has 1 aromatic carbocycles. The summed E-state index contributed by atoms with van der Waals surface area (Å²) in [4.78, 5) is 5.05. The van der Waals surface area contributed by atoms with E-state index in [1.807, 2.05) is 0 Å². The summed E-state index contributed by atoms with van der Waals surface area (Å²) >= 11 is 0. The maximum absolute atomic E-state index is 9.23. The Labute approximate surface area is 126 Å². The van der Waals surface area contributed by atoms with E-state index in [0.717, 1.165) is 45.9 Å². The number of aliphatic hydroxyl groups excluding tert-OH is 1. The van der Waals surface area contributed by atoms with Crippen LogP contribution >= 0.6 is 0 Å². The van der Waals surface area contributed by atoms with Gasteiger partial charge in [-0.15, -0.1) is 0 Å². The van der Waals surface area contributed by atoms with Gasteiger partial charge in [0.2, 0.25) is 0 Å². The second kappa shape index (κ2) is 5.69. The summed E-state index contributed by atoms with van der Waals surface area (Å²) < 4.78 is 5.53. The summed E-state index contributed by atoms with van der Waals surface area (Å²) in [6.07, 6.45) is 0. The smallest absolute Gasteiger partial charge is 0.0594 e. The molecule has 0 radical (unpaired) electrons. The van der Waals surface area contributed by atoms with Crippen LogP contribution in [0.25, 0.3) is 0 Å². The van der Waals surface area contributed by atoms with Crippen LogP contribution in [0.3, 0.4) is 0 Å². The second-order valence-electron chi connectivity index (χ2n) is 6.48. The zero-order valence-electron chi connectivity index (χ0n) is 12.4. The Hall–Kier alpha value is -0.940. The zero-order valence-corrected chi connectivity index (χ0v) is 12.4. The van der Waals surface area contributed by atoms with Crippen LogP contribution in [-0.2, 0) is 4.74 Å². The molecule has 0 unspecified atom stereocenters. The normalized spacial score (nSPS) is 33.1. The van der Waals surface area contributed by atoms with Crippen LogP contribution in [0.15, 0.2) is 24.3 Å². The van der Waals surface area contributed by atoms with E-state index in [1.165, 1.54) is 5.56 Å². The lowest BCUT2D eigenvalue weighted by Gasteiger charge is -2.36. The highest BCUT2D eigenvalue weighted by atomic mass is 16.5. The van der Waals surface area contributed by atoms with E-state index in [2.05, 4.69) is 34.1 Å². The van der Waals surface area contributed by atoms with Gasteiger partial charge in [0, 0.05) is 44.7 Å². The molecule has 3 atom stereocenters. The van der Waals surface area contributed by atoms with Gasteiger partial charge in [-0.3, -0.25) is 4.90 Å². The predicted molar refractivity (Wildman–Crippen MR) is 81.3 cm³/mol. The third kappa shape index (κ3) is 2.30. The number of benzene rings is 1. The van der Waals surface area contributed by atoms with Gasteiger partial charge in [0.15, 0.2) is 0 Å². The molecule has 2 aliphatic heterocycles. The second-order valence-corrected chi connectivity index (χ2v) is 6.48. The molecule has 0 amide bonds. The first-order valence-corrected chi connectivity index (χ1v) is 8.12. The van der Waals surface area contributed by atoms with E-state index in [9.17, 15) is 5.11 Å². The van der Waals surface area contributed by atoms with Crippen LogP contribution in [0.1, 0.15) is 23.1 Å². The molecular weight excluding hydrogens is 264 g/mol. The van der Waals surface area contributed by atoms with Gasteiger partial charge in [-0.1, -0.05) is 24.3 Å². The van der Waals surface area contributed by atoms with Crippen molar-refractivity contribution in [3.63, 3.8) is 0 Å². The quantitative estimate of drug-likeness (QED) is 0.903. The summed E-state index contributed by atoms with van der Waals surface area (Å²) in [6, 6.07) is 9.53. The third-order valence-electron chi connectivity index (χ3n) is 5.42. The molecule has 0 bridgehead atoms. The highest BCUT2D eigenvalue weighted by molar-refractivity contribution is 5.41. The molecular formula is C17H24N2O2. The van der Waals surface area contributed by atoms with Crippen LogP contribution < -0.4 is 0 Å². The number of fused-ring (bicyclic) bond motifs is 3. The Morgan fingerprint density at radius 1 is 1.10 bits per heavy atom. The zero-order chi connectivity index (χ0) is 14.2. The fourth-order valence-corrected chi connectivity index (χ4v) is 4.56. The van der Waals surface area contributed by atoms with Crippen LogP contribution in [0.2, 0.25) is 0 Å². The average molecular weight is 288 g/mol. The van der Waals surface area contributed by atoms with Gasteiger partial charge in [0.05, 0.1) is 19.8 Å². The molecule has 0 aromatic heterocycles. The summed E-state index contributed by atoms with van der Waals surface area (Å²) in [7, 11) is 0. The maximum atomic E-state index is 9.23. The van der Waals surface area contributed by atoms with E-state index >= 15 is 0 Å². The topological polar surface area (TPSA) is 35.9 Å². The number of hydrogen-bond acceptors (Lipinski definition) is 4. The van der Waals surface area contributed by atoms with Crippen molar-refractivity contribution in [2.75, 3.05) is 52.5 Å². The van der Waals surface area contributed by atoms with Crippen LogP contribution in [0.4, 0.5) is 0 Å². The molecule has 1 aromatic rings. The summed E-state index contributed by atoms with van der Waals surface area (Å²) in [6.45, 7) is 7.09. The maximum Gasteiger partial charge on any atom is 0.0594 e. The number of hydrogen-bond donors (Lipinski definition) is 1. The fraction of sp³-hybridized carbons (Fsp3) is 0.647. The van der Waals surface area contributed by atoms with Gasteiger partial charge in [0.1, 0.15) is 0 Å². The number of likely N-dealkylation sites (tertiary alicyclic amines) is 1. The van der Waals surface area contributed by atoms with E-state index in [0.29, 0.717) is 17.9 Å². The molecule has 4 heteroatoms. The molecule has 0 spiro atoms. The first kappa shape index (κ1) is 13.7. The van der Waals surface area contributed by atoms with Crippen molar-refractivity contribution in [3.8, 4) is 0 Å². The number of nitrogens with zero attached hydrogens (tertiary/aromatic N) is 2. The Kier molecular flexibility index (Phi) is 3.71. The molecule has 4 rings (SSSR count). The molecule has 2 heterocycles. The summed E-state index contributed by atoms with van der Waals surface area (Å²) in [5, 5.41) is 9.23. The van der Waals surface area contributed by atoms with E-state index in [1.54, 1.807) is 5.56 Å². The lowest BCUT2D eigenvalue weighted by atomic mass is 9.93. The van der Waals surface area contributed by atoms with Crippen LogP contribution in [-0.4, -0.2) is 67.5 Å². The number of β-amino-alcohol motifs (C(OH)–C–C–N with tert-alkyl or cyclic N) is 1. The van der Waals surface area contributed by atoms with E-state index in [4.69, 9.17) is 4.74 Å². The van der Waals surface area contributed by atoms with E-state index in [-0.39, 0.29) is 6.61 Å². The van der Waals surface area contributed by atoms with Crippen molar-refractivity contribution in [2.24, 2.45) is 5.92 Å². The summed E-state index contributed by atoms with van der Waals surface area (Å²) in [5.74, 6) is 1.31. The average Bonchev–Trinajstić information content (AvgIpc) is 3.05. The highest BCUT2D eigenvalue weighted by Crippen LogP contribution is 2.51. The molecule has 1 aliphatic carbocycles. The van der Waals surface area contributed by atoms with Crippen molar-refractivity contribution in [1.29, 1.82) is 0 Å². The minimum atomic E-state index is 0.267. The SMILES string of the molecule is OCCN1C[C@H]2[C@@H](C1)c1ccccc1[C@@H]2N1CCOCC1. The largest absolute Gasteiger partial charge is 0.395 e. The van der Waals surface area contributed by atoms with Crippen molar-refractivity contribution in [3.05, 3.63) is 35.4 Å². The molecule has 3 aliphatic rings. The van der Waals surface area contributed by atoms with Gasteiger partial charge in [0.25, 0.3) is 0 Å². The minimum Gasteiger partial charge on any atom is -0.395 e. The predicted octanol–water partition coefficient (Wildman–Crippen LogP) is 1.08. The van der Waals surface area contributed by atoms with Gasteiger partial charge in [-0.25, -0.2) is 0 Å². The number of aliphatic hydroxyl groups is 1. The standard InChI is InChI=1S/C17H24N2O2/c20-8-5-18-11-15-13-3-1-2-4-14(13)17(16(15)12-18)19-6-9-21-10-7-19/h1-4,15-17,20H,5-12H2/t15-,16-,17-/m0/s1. The number of ether oxygens (including phenoxy) is 1. The van der Waals surface area contributed by atoms with Crippen LogP contribution in [0, 0.1) is 5.92 Å². The van der Waals surface area contributed by atoms with Gasteiger partial charge in [-0.05, 0) is 17.0 Å². The first-order valence-electron chi connectivity index (χ1n) is 8.12. The van der Waals surface area contributed by atoms with Gasteiger partial charge < -0.3 is 14.7 Å². The molecule has 1 N–H and O–H groups in total. The van der Waals surface area contributed by atoms with Crippen LogP contribution in [0.5, 0.6) is 0 Å². The van der Waals surface area contributed by atoms with Crippen molar-refractivity contribution < 1.29 is 9.84 Å². The summed E-state index contributed by atoms with van der Waals surface area (Å²) in [5.41, 5.74) is 3.08. The Morgan fingerprint density at radius 3 is 2.62 bits per heavy atom. The third-order valence-corrected chi connectivity index (χ3v) is 5.42. The fourth-order valence-electron chi connectivity index (χ4n) is 4.56. The van der Waals surface area contributed by atoms with E-state index < -0.39 is 0 Å². The molecule has 2 fully saturated rings. The molecule has 4 nitrogen and oxygen atoms in total. The molecule has 0 saturated carbocycles. The monoisotopic (exact) mass is 288 g/mol. The van der Waals surface area contributed by atoms with Gasteiger partial charge >= 0.3 is 0 Å². The molecule has 21 heavy (non-hydrogen) atoms. The molecule has 2 saturated heterocycles. The lowest BCUT2D eigenvalue weighted by Crippen LogP contribution is -2.41. The van der Waals surface area contributed by atoms with Gasteiger partial charge in [-0.2, -0.15) is 0 Å². The number of rotatable bonds is 3. The minimum absolute atomic E-state index is 0.267. The number of morpholine rings is 1. The van der Waals surface area contributed by atoms with Crippen molar-refractivity contribution >= 4 is 0 Å². The Bertz CT molecular complexity index is 501. The van der Waals surface area contributed by atoms with Crippen molar-refractivity contribution in [2.45, 2.75) is 12.0 Å².